The second kappa shape index (κ2) is 12.0. The fraction of sp³-hybridized carbons (Fsp3) is 0.500. The lowest BCUT2D eigenvalue weighted by Gasteiger charge is -2.40. The van der Waals surface area contributed by atoms with E-state index in [0.717, 1.165) is 32.6 Å². The van der Waals surface area contributed by atoms with Crippen LogP contribution in [-0.4, -0.2) is 65.3 Å². The Bertz CT molecular complexity index is 837. The maximum absolute atomic E-state index is 13.0. The first kappa shape index (κ1) is 25.0. The number of hydrogen-bond donors (Lipinski definition) is 0. The van der Waals surface area contributed by atoms with Crippen LogP contribution in [0.4, 0.5) is 0 Å². The zero-order chi connectivity index (χ0) is 23.8. The van der Waals surface area contributed by atoms with Crippen LogP contribution in [0.15, 0.2) is 60.7 Å². The van der Waals surface area contributed by atoms with Gasteiger partial charge in [0.05, 0.1) is 6.04 Å². The monoisotopic (exact) mass is 449 g/mol. The second-order valence-corrected chi connectivity index (χ2v) is 9.33. The summed E-state index contributed by atoms with van der Waals surface area (Å²) in [7, 11) is 0. The zero-order valence-corrected chi connectivity index (χ0v) is 20.6. The summed E-state index contributed by atoms with van der Waals surface area (Å²) in [6.45, 7) is 11.6. The molecule has 1 heterocycles. The lowest BCUT2D eigenvalue weighted by molar-refractivity contribution is -0.138. The summed E-state index contributed by atoms with van der Waals surface area (Å²) in [5.74, 6) is 0.233. The summed E-state index contributed by atoms with van der Waals surface area (Å²) in [5.41, 5.74) is 2.56. The van der Waals surface area contributed by atoms with Gasteiger partial charge in [-0.05, 0) is 24.5 Å². The molecule has 1 aliphatic rings. The molecule has 0 N–H and O–H groups in total. The van der Waals surface area contributed by atoms with E-state index in [1.807, 2.05) is 23.6 Å². The van der Waals surface area contributed by atoms with Crippen molar-refractivity contribution >= 4 is 11.8 Å². The minimum absolute atomic E-state index is 0.0504. The van der Waals surface area contributed by atoms with E-state index in [2.05, 4.69) is 79.4 Å². The highest BCUT2D eigenvalue weighted by molar-refractivity contribution is 5.80. The number of amides is 2. The van der Waals surface area contributed by atoms with Gasteiger partial charge in [-0.3, -0.25) is 14.5 Å². The van der Waals surface area contributed by atoms with Crippen LogP contribution in [0.1, 0.15) is 57.7 Å². The molecule has 0 spiro atoms. The highest BCUT2D eigenvalue weighted by Gasteiger charge is 2.29. The molecule has 33 heavy (non-hydrogen) atoms. The Morgan fingerprint density at radius 1 is 0.848 bits per heavy atom. The predicted molar refractivity (Wildman–Crippen MR) is 134 cm³/mol. The van der Waals surface area contributed by atoms with Crippen LogP contribution >= 0.6 is 0 Å². The summed E-state index contributed by atoms with van der Waals surface area (Å²) in [6.07, 6.45) is 1.29. The van der Waals surface area contributed by atoms with E-state index in [1.54, 1.807) is 0 Å². The Hall–Kier alpha value is -2.66. The summed E-state index contributed by atoms with van der Waals surface area (Å²) >= 11 is 0. The minimum Gasteiger partial charge on any atom is -0.340 e. The highest BCUT2D eigenvalue weighted by Crippen LogP contribution is 2.29. The van der Waals surface area contributed by atoms with E-state index in [4.69, 9.17) is 0 Å². The lowest BCUT2D eigenvalue weighted by atomic mass is 9.96. The van der Waals surface area contributed by atoms with Crippen molar-refractivity contribution in [2.45, 2.75) is 52.6 Å². The smallest absolute Gasteiger partial charge is 0.225 e. The van der Waals surface area contributed by atoms with Gasteiger partial charge in [-0.1, -0.05) is 81.4 Å². The summed E-state index contributed by atoms with van der Waals surface area (Å²) in [4.78, 5) is 31.9. The summed E-state index contributed by atoms with van der Waals surface area (Å²) < 4.78 is 0. The van der Waals surface area contributed by atoms with Gasteiger partial charge in [0.15, 0.2) is 0 Å². The van der Waals surface area contributed by atoms with Gasteiger partial charge < -0.3 is 9.80 Å². The zero-order valence-electron chi connectivity index (χ0n) is 20.6. The first-order chi connectivity index (χ1) is 15.9. The molecule has 178 valence electrons. The molecule has 5 nitrogen and oxygen atoms in total. The van der Waals surface area contributed by atoms with Gasteiger partial charge in [0.2, 0.25) is 11.8 Å². The van der Waals surface area contributed by atoms with Crippen LogP contribution in [-0.2, 0) is 9.59 Å². The highest BCUT2D eigenvalue weighted by atomic mass is 16.2. The van der Waals surface area contributed by atoms with Gasteiger partial charge in [0, 0.05) is 51.1 Å². The van der Waals surface area contributed by atoms with E-state index in [0.29, 0.717) is 13.0 Å². The Kier molecular flexibility index (Phi) is 9.07. The third-order valence-corrected chi connectivity index (χ3v) is 6.73. The number of piperazine rings is 1. The van der Waals surface area contributed by atoms with Gasteiger partial charge >= 0.3 is 0 Å². The largest absolute Gasteiger partial charge is 0.340 e. The molecular weight excluding hydrogens is 410 g/mol. The molecule has 1 atom stereocenters. The Morgan fingerprint density at radius 3 is 1.82 bits per heavy atom. The van der Waals surface area contributed by atoms with Crippen LogP contribution in [0.5, 0.6) is 0 Å². The van der Waals surface area contributed by atoms with E-state index in [-0.39, 0.29) is 29.8 Å². The maximum atomic E-state index is 13.0. The van der Waals surface area contributed by atoms with Crippen LogP contribution in [0.2, 0.25) is 0 Å². The van der Waals surface area contributed by atoms with Crippen molar-refractivity contribution in [3.05, 3.63) is 71.8 Å². The fourth-order valence-electron chi connectivity index (χ4n) is 4.59. The first-order valence-electron chi connectivity index (χ1n) is 12.3. The van der Waals surface area contributed by atoms with Crippen LogP contribution in [0, 0.1) is 5.92 Å². The molecule has 1 fully saturated rings. The van der Waals surface area contributed by atoms with Gasteiger partial charge in [0.1, 0.15) is 0 Å². The quantitative estimate of drug-likeness (QED) is 0.562. The normalized spacial score (nSPS) is 15.6. The number of hydrogen-bond acceptors (Lipinski definition) is 3. The summed E-state index contributed by atoms with van der Waals surface area (Å²) in [6, 6.07) is 21.5. The van der Waals surface area contributed by atoms with Crippen molar-refractivity contribution in [3.8, 4) is 0 Å². The van der Waals surface area contributed by atoms with E-state index in [1.165, 1.54) is 11.1 Å². The van der Waals surface area contributed by atoms with E-state index >= 15 is 0 Å². The second-order valence-electron chi connectivity index (χ2n) is 9.33. The maximum Gasteiger partial charge on any atom is 0.225 e. The average Bonchev–Trinajstić information content (AvgIpc) is 2.85. The van der Waals surface area contributed by atoms with Gasteiger partial charge in [-0.2, -0.15) is 0 Å². The average molecular weight is 450 g/mol. The number of benzene rings is 2. The molecule has 2 aromatic rings. The number of carbonyl (C=O) groups excluding carboxylic acids is 2. The van der Waals surface area contributed by atoms with Crippen molar-refractivity contribution in [1.29, 1.82) is 0 Å². The third-order valence-electron chi connectivity index (χ3n) is 6.73. The molecule has 0 aliphatic carbocycles. The van der Waals surface area contributed by atoms with E-state index in [9.17, 15) is 9.59 Å². The first-order valence-corrected chi connectivity index (χ1v) is 12.3. The fourth-order valence-corrected chi connectivity index (χ4v) is 4.59. The molecule has 2 aromatic carbocycles. The van der Waals surface area contributed by atoms with Crippen LogP contribution in [0.3, 0.4) is 0 Å². The predicted octanol–water partition coefficient (Wildman–Crippen LogP) is 4.59. The Morgan fingerprint density at radius 2 is 1.36 bits per heavy atom. The van der Waals surface area contributed by atoms with Gasteiger partial charge in [-0.25, -0.2) is 0 Å². The van der Waals surface area contributed by atoms with Crippen LogP contribution < -0.4 is 0 Å². The van der Waals surface area contributed by atoms with Crippen molar-refractivity contribution in [2.75, 3.05) is 32.7 Å². The molecule has 0 radical (unpaired) electrons. The van der Waals surface area contributed by atoms with Crippen molar-refractivity contribution in [2.24, 2.45) is 5.92 Å². The number of rotatable bonds is 9. The van der Waals surface area contributed by atoms with Crippen molar-refractivity contribution < 1.29 is 9.59 Å². The molecule has 3 rings (SSSR count). The lowest BCUT2D eigenvalue weighted by Crippen LogP contribution is -2.50. The van der Waals surface area contributed by atoms with Gasteiger partial charge in [0.25, 0.3) is 0 Å². The SMILES string of the molecule is CCC(C)N(CCC(=O)N1CCN(C(c2ccccc2)c2ccccc2)CC1)C(=O)C(C)C. The van der Waals surface area contributed by atoms with Gasteiger partial charge in [-0.15, -0.1) is 0 Å². The minimum atomic E-state index is -0.0504. The van der Waals surface area contributed by atoms with Crippen molar-refractivity contribution in [3.63, 3.8) is 0 Å². The molecule has 1 unspecified atom stereocenters. The Balaban J connectivity index is 1.62. The molecule has 2 amide bonds. The molecule has 1 saturated heterocycles. The molecule has 5 heteroatoms. The molecule has 0 aromatic heterocycles. The molecular formula is C28H39N3O2. The Labute approximate surface area is 199 Å². The standard InChI is InChI=1S/C28H39N3O2/c1-5-23(4)31(28(33)22(2)3)17-16-26(32)29-18-20-30(21-19-29)27(24-12-8-6-9-13-24)25-14-10-7-11-15-25/h6-15,22-23,27H,5,16-21H2,1-4H3. The topological polar surface area (TPSA) is 43.9 Å². The molecule has 0 saturated carbocycles. The number of carbonyl (C=O) groups is 2. The van der Waals surface area contributed by atoms with Crippen LogP contribution in [0.25, 0.3) is 0 Å². The molecule has 1 aliphatic heterocycles. The van der Waals surface area contributed by atoms with E-state index < -0.39 is 0 Å². The third kappa shape index (κ3) is 6.44. The number of nitrogens with zero attached hydrogens (tertiary/aromatic N) is 3. The summed E-state index contributed by atoms with van der Waals surface area (Å²) in [5, 5.41) is 0. The molecule has 0 bridgehead atoms. The van der Waals surface area contributed by atoms with Crippen molar-refractivity contribution in [1.82, 2.24) is 14.7 Å².